The number of carbonyl (C=O) groups excluding carboxylic acids is 1. The van der Waals surface area contributed by atoms with Crippen molar-refractivity contribution in [3.05, 3.63) is 58.2 Å². The maximum atomic E-state index is 13.1. The number of nitrogens with one attached hydrogen (secondary N) is 1. The van der Waals surface area contributed by atoms with Gasteiger partial charge in [0.25, 0.3) is 11.6 Å². The molecule has 8 heteroatoms. The Hall–Kier alpha value is -2.77. The van der Waals surface area contributed by atoms with Gasteiger partial charge in [0.2, 0.25) is 0 Å². The minimum Gasteiger partial charge on any atom is -0.350 e. The topological polar surface area (TPSA) is 90.1 Å². The van der Waals surface area contributed by atoms with E-state index in [1.54, 1.807) is 23.1 Å². The summed E-state index contributed by atoms with van der Waals surface area (Å²) in [4.78, 5) is 21.9. The first-order valence-electron chi connectivity index (χ1n) is 5.77. The molecule has 1 aromatic carbocycles. The van der Waals surface area contributed by atoms with Crippen LogP contribution in [0.3, 0.4) is 0 Å². The van der Waals surface area contributed by atoms with Crippen molar-refractivity contribution in [2.45, 2.75) is 6.54 Å². The van der Waals surface area contributed by atoms with Gasteiger partial charge in [-0.3, -0.25) is 19.6 Å². The van der Waals surface area contributed by atoms with Crippen LogP contribution >= 0.6 is 0 Å². The van der Waals surface area contributed by atoms with Crippen LogP contribution in [0.4, 0.5) is 10.1 Å². The van der Waals surface area contributed by atoms with E-state index >= 15 is 0 Å². The zero-order valence-electron chi connectivity index (χ0n) is 10.3. The number of rotatable bonds is 5. The molecule has 0 radical (unpaired) electrons. The Labute approximate surface area is 113 Å². The van der Waals surface area contributed by atoms with Crippen molar-refractivity contribution in [2.75, 3.05) is 6.54 Å². The molecule has 0 saturated heterocycles. The Kier molecular flexibility index (Phi) is 4.04. The fraction of sp³-hybridized carbons (Fsp3) is 0.167. The Morgan fingerprint density at radius 1 is 1.50 bits per heavy atom. The van der Waals surface area contributed by atoms with Crippen molar-refractivity contribution in [3.8, 4) is 0 Å². The average molecular weight is 278 g/mol. The third-order valence-electron chi connectivity index (χ3n) is 2.59. The van der Waals surface area contributed by atoms with Gasteiger partial charge < -0.3 is 5.32 Å². The Morgan fingerprint density at radius 2 is 2.30 bits per heavy atom. The molecule has 7 nitrogen and oxygen atoms in total. The van der Waals surface area contributed by atoms with Crippen molar-refractivity contribution >= 4 is 11.6 Å². The molecule has 1 N–H and O–H groups in total. The first-order chi connectivity index (χ1) is 9.58. The van der Waals surface area contributed by atoms with Crippen LogP contribution in [0.25, 0.3) is 0 Å². The van der Waals surface area contributed by atoms with E-state index in [1.165, 1.54) is 0 Å². The molecule has 0 atom stereocenters. The van der Waals surface area contributed by atoms with E-state index in [-0.39, 0.29) is 12.1 Å². The monoisotopic (exact) mass is 278 g/mol. The highest BCUT2D eigenvalue weighted by atomic mass is 19.1. The normalized spacial score (nSPS) is 10.2. The highest BCUT2D eigenvalue weighted by Crippen LogP contribution is 2.19. The zero-order chi connectivity index (χ0) is 14.5. The van der Waals surface area contributed by atoms with Gasteiger partial charge in [0, 0.05) is 25.0 Å². The molecule has 0 aliphatic heterocycles. The quantitative estimate of drug-likeness (QED) is 0.660. The van der Waals surface area contributed by atoms with Crippen LogP contribution in [0.5, 0.6) is 0 Å². The summed E-state index contributed by atoms with van der Waals surface area (Å²) in [6.07, 6.45) is 3.32. The number of carbonyl (C=O) groups is 1. The molecule has 0 spiro atoms. The average Bonchev–Trinajstić information content (AvgIpc) is 2.91. The molecule has 0 bridgehead atoms. The van der Waals surface area contributed by atoms with E-state index in [2.05, 4.69) is 10.4 Å². The summed E-state index contributed by atoms with van der Waals surface area (Å²) < 4.78 is 14.7. The number of nitro benzene ring substituents is 1. The molecule has 104 valence electrons. The molecule has 0 unspecified atom stereocenters. The molecule has 2 aromatic rings. The van der Waals surface area contributed by atoms with Gasteiger partial charge in [0.1, 0.15) is 11.4 Å². The predicted octanol–water partition coefficient (Wildman–Crippen LogP) is 1.36. The lowest BCUT2D eigenvalue weighted by Gasteiger charge is -2.06. The van der Waals surface area contributed by atoms with Crippen LogP contribution in [-0.4, -0.2) is 27.2 Å². The number of benzene rings is 1. The maximum Gasteiger partial charge on any atom is 0.282 e. The second-order valence-electron chi connectivity index (χ2n) is 3.94. The molecule has 0 aliphatic rings. The highest BCUT2D eigenvalue weighted by molar-refractivity contribution is 5.98. The number of hydrogen-bond acceptors (Lipinski definition) is 4. The second-order valence-corrected chi connectivity index (χ2v) is 3.94. The summed E-state index contributed by atoms with van der Waals surface area (Å²) in [5.41, 5.74) is -0.724. The van der Waals surface area contributed by atoms with Crippen LogP contribution in [0.2, 0.25) is 0 Å². The molecular weight excluding hydrogens is 267 g/mol. The molecule has 0 saturated carbocycles. The maximum absolute atomic E-state index is 13.1. The minimum absolute atomic E-state index is 0.230. The van der Waals surface area contributed by atoms with Gasteiger partial charge in [-0.1, -0.05) is 0 Å². The van der Waals surface area contributed by atoms with Gasteiger partial charge in [-0.25, -0.2) is 4.39 Å². The summed E-state index contributed by atoms with van der Waals surface area (Å²) in [5.74, 6) is -1.39. The van der Waals surface area contributed by atoms with E-state index in [0.717, 1.165) is 18.2 Å². The number of nitro groups is 1. The molecule has 0 fully saturated rings. The lowest BCUT2D eigenvalue weighted by atomic mass is 10.1. The van der Waals surface area contributed by atoms with Crippen LogP contribution in [0, 0.1) is 15.9 Å². The van der Waals surface area contributed by atoms with Crippen LogP contribution in [0.15, 0.2) is 36.7 Å². The largest absolute Gasteiger partial charge is 0.350 e. The number of aromatic nitrogens is 2. The molecule has 20 heavy (non-hydrogen) atoms. The third kappa shape index (κ3) is 3.16. The van der Waals surface area contributed by atoms with E-state index in [0.29, 0.717) is 6.54 Å². The first-order valence-corrected chi connectivity index (χ1v) is 5.77. The standard InChI is InChI=1S/C12H11FN4O3/c13-9-2-3-11(17(19)20)10(8-9)12(18)14-5-7-16-6-1-4-15-16/h1-4,6,8H,5,7H2,(H,14,18). The molecule has 1 heterocycles. The van der Waals surface area contributed by atoms with Crippen LogP contribution in [-0.2, 0) is 6.54 Å². The highest BCUT2D eigenvalue weighted by Gasteiger charge is 2.20. The molecule has 2 rings (SSSR count). The number of amides is 1. The summed E-state index contributed by atoms with van der Waals surface area (Å²) >= 11 is 0. The van der Waals surface area contributed by atoms with Crippen molar-refractivity contribution in [2.24, 2.45) is 0 Å². The lowest BCUT2D eigenvalue weighted by molar-refractivity contribution is -0.385. The van der Waals surface area contributed by atoms with Gasteiger partial charge in [-0.2, -0.15) is 5.10 Å². The van der Waals surface area contributed by atoms with Crippen LogP contribution < -0.4 is 5.32 Å². The third-order valence-corrected chi connectivity index (χ3v) is 2.59. The van der Waals surface area contributed by atoms with Crippen molar-refractivity contribution in [1.29, 1.82) is 0 Å². The fourth-order valence-corrected chi connectivity index (χ4v) is 1.66. The first kappa shape index (κ1) is 13.7. The molecule has 1 amide bonds. The molecular formula is C12H11FN4O3. The van der Waals surface area contributed by atoms with E-state index in [9.17, 15) is 19.3 Å². The summed E-state index contributed by atoms with van der Waals surface area (Å²) in [6, 6.07) is 4.50. The van der Waals surface area contributed by atoms with E-state index in [4.69, 9.17) is 0 Å². The van der Waals surface area contributed by atoms with E-state index < -0.39 is 22.3 Å². The van der Waals surface area contributed by atoms with Crippen LogP contribution in [0.1, 0.15) is 10.4 Å². The van der Waals surface area contributed by atoms with E-state index in [1.807, 2.05) is 0 Å². The lowest BCUT2D eigenvalue weighted by Crippen LogP contribution is -2.28. The zero-order valence-corrected chi connectivity index (χ0v) is 10.3. The number of nitrogens with zero attached hydrogens (tertiary/aromatic N) is 3. The fourth-order valence-electron chi connectivity index (χ4n) is 1.66. The van der Waals surface area contributed by atoms with Crippen molar-refractivity contribution < 1.29 is 14.1 Å². The SMILES string of the molecule is O=C(NCCn1cccn1)c1cc(F)ccc1[N+](=O)[O-]. The van der Waals surface area contributed by atoms with Crippen molar-refractivity contribution in [3.63, 3.8) is 0 Å². The summed E-state index contributed by atoms with van der Waals surface area (Å²) in [7, 11) is 0. The Bertz CT molecular complexity index is 628. The van der Waals surface area contributed by atoms with Gasteiger partial charge >= 0.3 is 0 Å². The Morgan fingerprint density at radius 3 is 2.95 bits per heavy atom. The minimum atomic E-state index is -0.720. The Balaban J connectivity index is 2.05. The van der Waals surface area contributed by atoms with Gasteiger partial charge in [0.05, 0.1) is 11.5 Å². The molecule has 0 aliphatic carbocycles. The second kappa shape index (κ2) is 5.91. The number of hydrogen-bond donors (Lipinski definition) is 1. The smallest absolute Gasteiger partial charge is 0.282 e. The van der Waals surface area contributed by atoms with Gasteiger partial charge in [-0.15, -0.1) is 0 Å². The summed E-state index contributed by atoms with van der Waals surface area (Å²) in [6.45, 7) is 0.649. The van der Waals surface area contributed by atoms with Crippen molar-refractivity contribution in [1.82, 2.24) is 15.1 Å². The van der Waals surface area contributed by atoms with Gasteiger partial charge in [0.15, 0.2) is 0 Å². The molecule has 1 aromatic heterocycles. The van der Waals surface area contributed by atoms with Gasteiger partial charge in [-0.05, 0) is 18.2 Å². The summed E-state index contributed by atoms with van der Waals surface area (Å²) in [5, 5.41) is 17.2. The number of halogens is 1. The predicted molar refractivity (Wildman–Crippen MR) is 67.6 cm³/mol.